The Labute approximate surface area is 203 Å². The van der Waals surface area contributed by atoms with E-state index >= 15 is 0 Å². The molecule has 1 amide bonds. The van der Waals surface area contributed by atoms with Crippen LogP contribution in [0.4, 0.5) is 11.4 Å². The molecule has 0 atom stereocenters. The fourth-order valence-electron chi connectivity index (χ4n) is 4.09. The minimum atomic E-state index is -0.100. The van der Waals surface area contributed by atoms with E-state index < -0.39 is 0 Å². The van der Waals surface area contributed by atoms with Crippen LogP contribution in [0.15, 0.2) is 94.8 Å². The summed E-state index contributed by atoms with van der Waals surface area (Å²) in [5.41, 5.74) is 4.71. The number of thioether (sulfide) groups is 1. The van der Waals surface area contributed by atoms with Crippen LogP contribution in [0, 0.1) is 13.8 Å². The van der Waals surface area contributed by atoms with Crippen LogP contribution >= 0.6 is 11.8 Å². The van der Waals surface area contributed by atoms with Crippen LogP contribution in [-0.2, 0) is 4.79 Å². The number of nitrogens with zero attached hydrogens (tertiary/aromatic N) is 2. The molecule has 0 unspecified atom stereocenters. The lowest BCUT2D eigenvalue weighted by atomic mass is 10.0. The van der Waals surface area contributed by atoms with Gasteiger partial charge in [-0.3, -0.25) is 9.69 Å². The third-order valence-corrected chi connectivity index (χ3v) is 6.69. The molecule has 4 nitrogen and oxygen atoms in total. The van der Waals surface area contributed by atoms with E-state index in [1.807, 2.05) is 92.7 Å². The molecular formula is C29H24N2O2S. The number of carbonyl (C=O) groups excluding carboxylic acids is 1. The third-order valence-electron chi connectivity index (χ3n) is 5.72. The lowest BCUT2D eigenvalue weighted by molar-refractivity contribution is -0.113. The van der Waals surface area contributed by atoms with E-state index in [0.717, 1.165) is 44.6 Å². The largest absolute Gasteiger partial charge is 0.496 e. The van der Waals surface area contributed by atoms with Gasteiger partial charge >= 0.3 is 0 Å². The number of aryl methyl sites for hydroxylation is 2. The molecule has 4 aromatic rings. The Morgan fingerprint density at radius 1 is 0.882 bits per heavy atom. The first-order chi connectivity index (χ1) is 16.5. The Balaban J connectivity index is 1.66. The van der Waals surface area contributed by atoms with E-state index in [1.165, 1.54) is 11.8 Å². The maximum Gasteiger partial charge on any atom is 0.271 e. The topological polar surface area (TPSA) is 41.9 Å². The van der Waals surface area contributed by atoms with Gasteiger partial charge in [-0.1, -0.05) is 54.6 Å². The molecule has 1 fully saturated rings. The fraction of sp³-hybridized carbons (Fsp3) is 0.103. The molecule has 0 spiro atoms. The van der Waals surface area contributed by atoms with Gasteiger partial charge in [-0.25, -0.2) is 4.99 Å². The lowest BCUT2D eigenvalue weighted by Crippen LogP contribution is -2.28. The second-order valence-corrected chi connectivity index (χ2v) is 9.24. The minimum Gasteiger partial charge on any atom is -0.496 e. The van der Waals surface area contributed by atoms with Crippen LogP contribution in [0.1, 0.15) is 16.7 Å². The van der Waals surface area contributed by atoms with Crippen molar-refractivity contribution in [3.63, 3.8) is 0 Å². The van der Waals surface area contributed by atoms with Crippen LogP contribution in [0.25, 0.3) is 16.8 Å². The number of ether oxygens (including phenoxy) is 1. The number of fused-ring (bicyclic) bond motifs is 1. The van der Waals surface area contributed by atoms with Crippen molar-refractivity contribution in [2.75, 3.05) is 12.0 Å². The number of hydrogen-bond donors (Lipinski definition) is 0. The number of amides is 1. The van der Waals surface area contributed by atoms with Gasteiger partial charge in [0.25, 0.3) is 5.91 Å². The van der Waals surface area contributed by atoms with Crippen LogP contribution in [-0.4, -0.2) is 18.2 Å². The first-order valence-corrected chi connectivity index (χ1v) is 11.9. The van der Waals surface area contributed by atoms with Crippen LogP contribution in [0.5, 0.6) is 5.75 Å². The maximum absolute atomic E-state index is 13.7. The average Bonchev–Trinajstić information content (AvgIpc) is 3.13. The number of aliphatic imine (C=N–C) groups is 1. The first-order valence-electron chi connectivity index (χ1n) is 11.1. The number of anilines is 1. The van der Waals surface area contributed by atoms with Gasteiger partial charge in [-0.2, -0.15) is 0 Å². The predicted octanol–water partition coefficient (Wildman–Crippen LogP) is 7.27. The van der Waals surface area contributed by atoms with Gasteiger partial charge in [-0.15, -0.1) is 0 Å². The molecule has 1 heterocycles. The molecule has 1 aliphatic rings. The number of benzene rings is 4. The van der Waals surface area contributed by atoms with Crippen molar-refractivity contribution in [3.8, 4) is 5.75 Å². The normalized spacial score (nSPS) is 16.1. The molecular weight excluding hydrogens is 440 g/mol. The molecule has 0 N–H and O–H groups in total. The summed E-state index contributed by atoms with van der Waals surface area (Å²) in [4.78, 5) is 20.9. The zero-order valence-corrected chi connectivity index (χ0v) is 20.1. The van der Waals surface area contributed by atoms with Gasteiger partial charge in [0, 0.05) is 5.56 Å². The molecule has 4 aromatic carbocycles. The van der Waals surface area contributed by atoms with E-state index in [2.05, 4.69) is 12.1 Å². The standard InChI is InChI=1S/C29H24N2O2S/c1-19-8-6-11-22(16-19)30-29-31(23-12-7-9-20(2)17-23)28(32)27(34-29)18-25-24-13-5-4-10-21(24)14-15-26(25)33-3/h4-18H,1-3H3. The molecule has 1 aliphatic heterocycles. The highest BCUT2D eigenvalue weighted by atomic mass is 32.2. The highest BCUT2D eigenvalue weighted by molar-refractivity contribution is 8.19. The van der Waals surface area contributed by atoms with Crippen molar-refractivity contribution in [2.45, 2.75) is 13.8 Å². The Morgan fingerprint density at radius 3 is 2.41 bits per heavy atom. The van der Waals surface area contributed by atoms with Gasteiger partial charge in [0.05, 0.1) is 23.4 Å². The monoisotopic (exact) mass is 464 g/mol. The van der Waals surface area contributed by atoms with E-state index in [9.17, 15) is 4.79 Å². The van der Waals surface area contributed by atoms with Crippen LogP contribution in [0.2, 0.25) is 0 Å². The Kier molecular flexibility index (Phi) is 5.95. The van der Waals surface area contributed by atoms with Crippen molar-refractivity contribution in [1.29, 1.82) is 0 Å². The maximum atomic E-state index is 13.7. The number of rotatable bonds is 4. The van der Waals surface area contributed by atoms with E-state index in [-0.39, 0.29) is 5.91 Å². The number of amidine groups is 1. The molecule has 0 aliphatic carbocycles. The third kappa shape index (κ3) is 4.22. The lowest BCUT2D eigenvalue weighted by Gasteiger charge is -2.16. The number of hydrogen-bond acceptors (Lipinski definition) is 4. The second-order valence-electron chi connectivity index (χ2n) is 8.23. The molecule has 0 aromatic heterocycles. The number of carbonyl (C=O) groups is 1. The van der Waals surface area contributed by atoms with Crippen molar-refractivity contribution in [2.24, 2.45) is 4.99 Å². The SMILES string of the molecule is COc1ccc2ccccc2c1C=C1SC(=Nc2cccc(C)c2)N(c2cccc(C)c2)C1=O. The summed E-state index contributed by atoms with van der Waals surface area (Å²) >= 11 is 1.38. The highest BCUT2D eigenvalue weighted by Crippen LogP contribution is 2.40. The van der Waals surface area contributed by atoms with E-state index in [1.54, 1.807) is 12.0 Å². The van der Waals surface area contributed by atoms with Crippen molar-refractivity contribution in [3.05, 3.63) is 107 Å². The zero-order chi connectivity index (χ0) is 23.7. The summed E-state index contributed by atoms with van der Waals surface area (Å²) < 4.78 is 5.65. The molecule has 5 rings (SSSR count). The van der Waals surface area contributed by atoms with Gasteiger partial charge in [0.1, 0.15) is 5.75 Å². The van der Waals surface area contributed by atoms with Crippen LogP contribution < -0.4 is 9.64 Å². The molecule has 5 heteroatoms. The van der Waals surface area contributed by atoms with Gasteiger partial charge < -0.3 is 4.74 Å². The first kappa shape index (κ1) is 22.0. The summed E-state index contributed by atoms with van der Waals surface area (Å²) in [7, 11) is 1.65. The summed E-state index contributed by atoms with van der Waals surface area (Å²) in [6, 6.07) is 28.0. The summed E-state index contributed by atoms with van der Waals surface area (Å²) in [6.07, 6.45) is 1.93. The van der Waals surface area contributed by atoms with Crippen molar-refractivity contribution >= 4 is 51.1 Å². The highest BCUT2D eigenvalue weighted by Gasteiger charge is 2.35. The smallest absolute Gasteiger partial charge is 0.271 e. The number of methoxy groups -OCH3 is 1. The Bertz CT molecular complexity index is 1470. The van der Waals surface area contributed by atoms with Crippen LogP contribution in [0.3, 0.4) is 0 Å². The molecule has 0 radical (unpaired) electrons. The summed E-state index contributed by atoms with van der Waals surface area (Å²) in [5.74, 6) is 0.628. The summed E-state index contributed by atoms with van der Waals surface area (Å²) in [5, 5.41) is 2.76. The van der Waals surface area contributed by atoms with Gasteiger partial charge in [0.15, 0.2) is 5.17 Å². The van der Waals surface area contributed by atoms with Crippen molar-refractivity contribution in [1.82, 2.24) is 0 Å². The quantitative estimate of drug-likeness (QED) is 0.298. The molecule has 34 heavy (non-hydrogen) atoms. The predicted molar refractivity (Wildman–Crippen MR) is 143 cm³/mol. The minimum absolute atomic E-state index is 0.100. The molecule has 0 bridgehead atoms. The molecule has 168 valence electrons. The second kappa shape index (κ2) is 9.20. The van der Waals surface area contributed by atoms with E-state index in [0.29, 0.717) is 10.1 Å². The molecule has 0 saturated carbocycles. The Hall–Kier alpha value is -3.83. The van der Waals surface area contributed by atoms with E-state index in [4.69, 9.17) is 9.73 Å². The van der Waals surface area contributed by atoms with Crippen molar-refractivity contribution < 1.29 is 9.53 Å². The van der Waals surface area contributed by atoms with Gasteiger partial charge in [0.2, 0.25) is 0 Å². The Morgan fingerprint density at radius 2 is 1.65 bits per heavy atom. The average molecular weight is 465 g/mol. The molecule has 1 saturated heterocycles. The zero-order valence-electron chi connectivity index (χ0n) is 19.3. The van der Waals surface area contributed by atoms with Gasteiger partial charge in [-0.05, 0) is 83.9 Å². The summed E-state index contributed by atoms with van der Waals surface area (Å²) in [6.45, 7) is 4.05. The fourth-order valence-corrected chi connectivity index (χ4v) is 5.07.